The normalized spacial score (nSPS) is 26.0. The maximum absolute atomic E-state index is 13.8. The van der Waals surface area contributed by atoms with E-state index in [0.717, 1.165) is 25.9 Å². The van der Waals surface area contributed by atoms with Gasteiger partial charge >= 0.3 is 0 Å². The van der Waals surface area contributed by atoms with E-state index in [1.807, 2.05) is 18.4 Å². The van der Waals surface area contributed by atoms with Gasteiger partial charge in [-0.25, -0.2) is 0 Å². The van der Waals surface area contributed by atoms with Crippen molar-refractivity contribution in [2.45, 2.75) is 89.3 Å². The SMILES string of the molecule is CS[C@H]1CN(C(=O)[C@H](CC(C)(C)C)NC(=O)c2ccc(C3CCN(C(C)C)CC3)cc2)[C@@H]2C(=O)CO[C@H]12. The molecule has 8 heteroatoms. The molecule has 1 aromatic rings. The summed E-state index contributed by atoms with van der Waals surface area (Å²) in [4.78, 5) is 43.8. The maximum Gasteiger partial charge on any atom is 0.251 e. The van der Waals surface area contributed by atoms with Gasteiger partial charge in [0.05, 0.1) is 11.4 Å². The van der Waals surface area contributed by atoms with Crippen LogP contribution in [0, 0.1) is 5.41 Å². The molecule has 0 aliphatic carbocycles. The van der Waals surface area contributed by atoms with Crippen LogP contribution in [0.4, 0.5) is 0 Å². The van der Waals surface area contributed by atoms with Crippen molar-refractivity contribution in [3.05, 3.63) is 35.4 Å². The molecule has 7 nitrogen and oxygen atoms in total. The lowest BCUT2D eigenvalue weighted by atomic mass is 9.87. The highest BCUT2D eigenvalue weighted by Crippen LogP contribution is 2.35. The van der Waals surface area contributed by atoms with Crippen LogP contribution in [0.15, 0.2) is 24.3 Å². The molecule has 0 spiro atoms. The van der Waals surface area contributed by atoms with Gasteiger partial charge in [-0.2, -0.15) is 11.8 Å². The first-order valence-corrected chi connectivity index (χ1v) is 14.9. The minimum absolute atomic E-state index is 0.0504. The van der Waals surface area contributed by atoms with Crippen LogP contribution < -0.4 is 5.32 Å². The molecule has 2 amide bonds. The van der Waals surface area contributed by atoms with E-state index in [0.29, 0.717) is 30.5 Å². The topological polar surface area (TPSA) is 79.0 Å². The monoisotopic (exact) mass is 529 g/mol. The van der Waals surface area contributed by atoms with E-state index in [-0.39, 0.29) is 41.0 Å². The minimum atomic E-state index is -0.706. The predicted octanol–water partition coefficient (Wildman–Crippen LogP) is 3.72. The number of rotatable bonds is 7. The number of carbonyl (C=O) groups excluding carboxylic acids is 3. The van der Waals surface area contributed by atoms with Gasteiger partial charge in [-0.3, -0.25) is 14.4 Å². The summed E-state index contributed by atoms with van der Waals surface area (Å²) in [6.07, 6.45) is 4.45. The van der Waals surface area contributed by atoms with E-state index >= 15 is 0 Å². The number of ketones is 1. The Morgan fingerprint density at radius 2 is 1.78 bits per heavy atom. The quantitative estimate of drug-likeness (QED) is 0.580. The van der Waals surface area contributed by atoms with Gasteiger partial charge in [-0.1, -0.05) is 32.9 Å². The molecule has 1 aromatic carbocycles. The van der Waals surface area contributed by atoms with Crippen molar-refractivity contribution in [2.24, 2.45) is 5.41 Å². The molecule has 0 unspecified atom stereocenters. The molecule has 4 rings (SSSR count). The van der Waals surface area contributed by atoms with Crippen LogP contribution in [-0.4, -0.2) is 89.4 Å². The molecule has 0 aromatic heterocycles. The van der Waals surface area contributed by atoms with Crippen molar-refractivity contribution in [3.63, 3.8) is 0 Å². The molecule has 0 saturated carbocycles. The van der Waals surface area contributed by atoms with Crippen LogP contribution in [0.25, 0.3) is 0 Å². The Morgan fingerprint density at radius 3 is 2.35 bits per heavy atom. The maximum atomic E-state index is 13.8. The summed E-state index contributed by atoms with van der Waals surface area (Å²) < 4.78 is 5.73. The second-order valence-corrected chi connectivity index (χ2v) is 13.3. The molecule has 4 atom stereocenters. The van der Waals surface area contributed by atoms with E-state index in [9.17, 15) is 14.4 Å². The summed E-state index contributed by atoms with van der Waals surface area (Å²) in [5, 5.41) is 3.08. The number of thioether (sulfide) groups is 1. The summed E-state index contributed by atoms with van der Waals surface area (Å²) in [5.41, 5.74) is 1.64. The summed E-state index contributed by atoms with van der Waals surface area (Å²) in [5.74, 6) is 0.0173. The first kappa shape index (κ1) is 28.1. The largest absolute Gasteiger partial charge is 0.367 e. The van der Waals surface area contributed by atoms with E-state index in [2.05, 4.69) is 57.0 Å². The second kappa shape index (κ2) is 11.5. The second-order valence-electron chi connectivity index (χ2n) is 12.3. The van der Waals surface area contributed by atoms with Crippen LogP contribution >= 0.6 is 11.8 Å². The van der Waals surface area contributed by atoms with Crippen molar-refractivity contribution in [1.29, 1.82) is 0 Å². The number of nitrogens with one attached hydrogen (secondary N) is 1. The zero-order chi connectivity index (χ0) is 26.9. The standard InChI is InChI=1S/C29H43N3O4S/c1-18(2)31-13-11-20(12-14-31)19-7-9-21(10-8-19)27(34)30-22(15-29(3,4)5)28(35)32-16-24(37-6)26-25(32)23(33)17-36-26/h7-10,18,20,22,24-26H,11-17H2,1-6H3,(H,30,34)/t22-,24-,25+,26+/m0/s1. The van der Waals surface area contributed by atoms with Crippen molar-refractivity contribution in [2.75, 3.05) is 32.5 Å². The van der Waals surface area contributed by atoms with Crippen LogP contribution in [0.5, 0.6) is 0 Å². The average Bonchev–Trinajstić information content (AvgIpc) is 3.42. The number of amides is 2. The molecule has 3 aliphatic rings. The minimum Gasteiger partial charge on any atom is -0.367 e. The lowest BCUT2D eigenvalue weighted by Gasteiger charge is -2.34. The number of nitrogens with zero attached hydrogens (tertiary/aromatic N) is 2. The van der Waals surface area contributed by atoms with E-state index in [1.54, 1.807) is 16.7 Å². The molecule has 204 valence electrons. The number of fused-ring (bicyclic) bond motifs is 1. The number of ether oxygens (including phenoxy) is 1. The van der Waals surface area contributed by atoms with Gasteiger partial charge in [0.25, 0.3) is 5.91 Å². The van der Waals surface area contributed by atoms with Crippen LogP contribution in [0.2, 0.25) is 0 Å². The number of piperidine rings is 1. The Kier molecular flexibility index (Phi) is 8.71. The van der Waals surface area contributed by atoms with Crippen molar-refractivity contribution in [1.82, 2.24) is 15.1 Å². The van der Waals surface area contributed by atoms with Crippen molar-refractivity contribution < 1.29 is 19.1 Å². The summed E-state index contributed by atoms with van der Waals surface area (Å²) in [7, 11) is 0. The molecule has 3 saturated heterocycles. The molecule has 3 heterocycles. The van der Waals surface area contributed by atoms with E-state index in [4.69, 9.17) is 4.74 Å². The van der Waals surface area contributed by atoms with Gasteiger partial charge in [0, 0.05) is 18.2 Å². The third-order valence-corrected chi connectivity index (χ3v) is 9.07. The van der Waals surface area contributed by atoms with E-state index in [1.165, 1.54) is 5.56 Å². The Bertz CT molecular complexity index is 982. The first-order chi connectivity index (χ1) is 17.5. The van der Waals surface area contributed by atoms with Crippen molar-refractivity contribution in [3.8, 4) is 0 Å². The fourth-order valence-corrected chi connectivity index (χ4v) is 6.76. The molecular weight excluding hydrogens is 486 g/mol. The van der Waals surface area contributed by atoms with Gasteiger partial charge in [-0.05, 0) is 81.5 Å². The fourth-order valence-electron chi connectivity index (χ4n) is 5.96. The number of hydrogen-bond donors (Lipinski definition) is 1. The fraction of sp³-hybridized carbons (Fsp3) is 0.690. The third kappa shape index (κ3) is 6.40. The van der Waals surface area contributed by atoms with Gasteiger partial charge in [0.1, 0.15) is 18.7 Å². The number of hydrogen-bond acceptors (Lipinski definition) is 6. The molecule has 0 radical (unpaired) electrons. The van der Waals surface area contributed by atoms with Gasteiger partial charge in [0.2, 0.25) is 5.91 Å². The summed E-state index contributed by atoms with van der Waals surface area (Å²) in [6.45, 7) is 13.4. The third-order valence-electron chi connectivity index (χ3n) is 8.05. The highest BCUT2D eigenvalue weighted by molar-refractivity contribution is 7.99. The smallest absolute Gasteiger partial charge is 0.251 e. The zero-order valence-corrected chi connectivity index (χ0v) is 24.0. The van der Waals surface area contributed by atoms with Crippen LogP contribution in [-0.2, 0) is 14.3 Å². The predicted molar refractivity (Wildman–Crippen MR) is 148 cm³/mol. The highest BCUT2D eigenvalue weighted by Gasteiger charge is 2.53. The first-order valence-electron chi connectivity index (χ1n) is 13.6. The number of carbonyl (C=O) groups is 3. The van der Waals surface area contributed by atoms with Crippen LogP contribution in [0.3, 0.4) is 0 Å². The molecule has 3 fully saturated rings. The van der Waals surface area contributed by atoms with Crippen molar-refractivity contribution >= 4 is 29.4 Å². The molecule has 1 N–H and O–H groups in total. The number of likely N-dealkylation sites (tertiary alicyclic amines) is 2. The Labute approximate surface area is 226 Å². The van der Waals surface area contributed by atoms with Crippen LogP contribution in [0.1, 0.15) is 75.7 Å². The van der Waals surface area contributed by atoms with E-state index < -0.39 is 12.1 Å². The average molecular weight is 530 g/mol. The Hall–Kier alpha value is -1.90. The molecular formula is C29H43N3O4S. The zero-order valence-electron chi connectivity index (χ0n) is 23.2. The number of benzene rings is 1. The summed E-state index contributed by atoms with van der Waals surface area (Å²) in [6, 6.07) is 7.20. The summed E-state index contributed by atoms with van der Waals surface area (Å²) >= 11 is 1.62. The Balaban J connectivity index is 1.45. The van der Waals surface area contributed by atoms with Gasteiger partial charge < -0.3 is 19.9 Å². The highest BCUT2D eigenvalue weighted by atomic mass is 32.2. The Morgan fingerprint density at radius 1 is 1.14 bits per heavy atom. The van der Waals surface area contributed by atoms with Gasteiger partial charge in [0.15, 0.2) is 5.78 Å². The lowest BCUT2D eigenvalue weighted by molar-refractivity contribution is -0.138. The lowest BCUT2D eigenvalue weighted by Crippen LogP contribution is -2.53. The molecule has 37 heavy (non-hydrogen) atoms. The number of Topliss-reactive ketones (excluding diaryl/α,β-unsaturated/α-hetero) is 1. The van der Waals surface area contributed by atoms with Gasteiger partial charge in [-0.15, -0.1) is 0 Å². The molecule has 3 aliphatic heterocycles. The molecule has 0 bridgehead atoms.